The van der Waals surface area contributed by atoms with Crippen LogP contribution in [0.2, 0.25) is 0 Å². The maximum atomic E-state index is 11.4. The molecule has 0 radical (unpaired) electrons. The third-order valence-corrected chi connectivity index (χ3v) is 2.06. The molecule has 0 saturated carbocycles. The Bertz CT molecular complexity index is 196. The predicted molar refractivity (Wildman–Crippen MR) is 49.7 cm³/mol. The van der Waals surface area contributed by atoms with Crippen LogP contribution in [0, 0.1) is 5.92 Å². The fraction of sp³-hybridized carbons (Fsp3) is 0.500. The van der Waals surface area contributed by atoms with Gasteiger partial charge in [0, 0.05) is 12.5 Å². The zero-order chi connectivity index (χ0) is 8.81. The van der Waals surface area contributed by atoms with E-state index in [0.717, 1.165) is 19.3 Å². The molecule has 1 aliphatic carbocycles. The van der Waals surface area contributed by atoms with Gasteiger partial charge in [-0.15, -0.1) is 6.58 Å². The number of allylic oxidation sites excluding steroid dienone is 2. The lowest BCUT2D eigenvalue weighted by atomic mass is 9.94. The van der Waals surface area contributed by atoms with Crippen molar-refractivity contribution in [3.8, 4) is 0 Å². The average molecular weight is 165 g/mol. The van der Waals surface area contributed by atoms with Gasteiger partial charge in [-0.1, -0.05) is 18.2 Å². The van der Waals surface area contributed by atoms with E-state index >= 15 is 0 Å². The van der Waals surface area contributed by atoms with E-state index in [0.29, 0.717) is 6.54 Å². The van der Waals surface area contributed by atoms with Gasteiger partial charge in [0.25, 0.3) is 0 Å². The van der Waals surface area contributed by atoms with Crippen molar-refractivity contribution in [2.24, 2.45) is 5.92 Å². The van der Waals surface area contributed by atoms with E-state index in [1.54, 1.807) is 6.08 Å². The SMILES string of the molecule is C=CCNC(=O)C1CC=CCC1. The molecule has 0 aromatic carbocycles. The molecule has 2 nitrogen and oxygen atoms in total. The maximum Gasteiger partial charge on any atom is 0.223 e. The Morgan fingerprint density at radius 3 is 3.08 bits per heavy atom. The van der Waals surface area contributed by atoms with Crippen LogP contribution in [-0.4, -0.2) is 12.5 Å². The summed E-state index contributed by atoms with van der Waals surface area (Å²) in [7, 11) is 0. The Morgan fingerprint density at radius 2 is 2.50 bits per heavy atom. The molecule has 2 heteroatoms. The number of carbonyl (C=O) groups is 1. The second kappa shape index (κ2) is 4.75. The van der Waals surface area contributed by atoms with Crippen LogP contribution in [-0.2, 0) is 4.79 Å². The second-order valence-corrected chi connectivity index (χ2v) is 3.02. The van der Waals surface area contributed by atoms with Crippen molar-refractivity contribution in [1.29, 1.82) is 0 Å². The third kappa shape index (κ3) is 2.53. The molecule has 0 spiro atoms. The molecule has 0 bridgehead atoms. The maximum absolute atomic E-state index is 11.4. The first-order valence-corrected chi connectivity index (χ1v) is 4.38. The molecule has 0 fully saturated rings. The topological polar surface area (TPSA) is 29.1 Å². The summed E-state index contributed by atoms with van der Waals surface area (Å²) in [5.74, 6) is 0.356. The van der Waals surface area contributed by atoms with Crippen LogP contribution in [0.4, 0.5) is 0 Å². The number of hydrogen-bond donors (Lipinski definition) is 1. The van der Waals surface area contributed by atoms with Crippen LogP contribution in [0.25, 0.3) is 0 Å². The van der Waals surface area contributed by atoms with Gasteiger partial charge in [0.15, 0.2) is 0 Å². The van der Waals surface area contributed by atoms with Crippen LogP contribution in [0.15, 0.2) is 24.8 Å². The molecule has 0 aromatic heterocycles. The van der Waals surface area contributed by atoms with Crippen molar-refractivity contribution in [2.75, 3.05) is 6.54 Å². The van der Waals surface area contributed by atoms with Crippen molar-refractivity contribution in [3.63, 3.8) is 0 Å². The Balaban J connectivity index is 2.31. The molecular formula is C10H15NO. The standard InChI is InChI=1S/C10H15NO/c1-2-8-11-10(12)9-6-4-3-5-7-9/h2-4,9H,1,5-8H2,(H,11,12). The van der Waals surface area contributed by atoms with E-state index in [2.05, 4.69) is 24.0 Å². The second-order valence-electron chi connectivity index (χ2n) is 3.02. The number of nitrogens with one attached hydrogen (secondary N) is 1. The quantitative estimate of drug-likeness (QED) is 0.633. The smallest absolute Gasteiger partial charge is 0.223 e. The summed E-state index contributed by atoms with van der Waals surface area (Å²) in [5, 5.41) is 2.81. The molecule has 0 saturated heterocycles. The first kappa shape index (κ1) is 9.04. The molecule has 0 aliphatic heterocycles. The van der Waals surface area contributed by atoms with Gasteiger partial charge in [-0.05, 0) is 19.3 Å². The van der Waals surface area contributed by atoms with Gasteiger partial charge in [-0.3, -0.25) is 4.79 Å². The minimum absolute atomic E-state index is 0.166. The highest BCUT2D eigenvalue weighted by molar-refractivity contribution is 5.79. The normalized spacial score (nSPS) is 21.8. The molecule has 1 amide bonds. The van der Waals surface area contributed by atoms with E-state index in [-0.39, 0.29) is 11.8 Å². The molecule has 1 aliphatic rings. The fourth-order valence-corrected chi connectivity index (χ4v) is 1.35. The summed E-state index contributed by atoms with van der Waals surface area (Å²) in [5.41, 5.74) is 0. The summed E-state index contributed by atoms with van der Waals surface area (Å²) < 4.78 is 0. The Labute approximate surface area is 73.4 Å². The Hall–Kier alpha value is -1.05. The summed E-state index contributed by atoms with van der Waals surface area (Å²) in [4.78, 5) is 11.4. The van der Waals surface area contributed by atoms with Gasteiger partial charge in [0.05, 0.1) is 0 Å². The monoisotopic (exact) mass is 165 g/mol. The zero-order valence-electron chi connectivity index (χ0n) is 7.25. The molecule has 1 atom stereocenters. The van der Waals surface area contributed by atoms with Crippen LogP contribution >= 0.6 is 0 Å². The average Bonchev–Trinajstić information content (AvgIpc) is 2.15. The highest BCUT2D eigenvalue weighted by Crippen LogP contribution is 2.17. The van der Waals surface area contributed by atoms with Crippen LogP contribution in [0.1, 0.15) is 19.3 Å². The van der Waals surface area contributed by atoms with E-state index in [1.165, 1.54) is 0 Å². The highest BCUT2D eigenvalue weighted by Gasteiger charge is 2.17. The molecule has 66 valence electrons. The van der Waals surface area contributed by atoms with Crippen molar-refractivity contribution in [3.05, 3.63) is 24.8 Å². The highest BCUT2D eigenvalue weighted by atomic mass is 16.1. The number of amides is 1. The summed E-state index contributed by atoms with van der Waals surface area (Å²) in [6.45, 7) is 4.13. The first-order valence-electron chi connectivity index (χ1n) is 4.38. The van der Waals surface area contributed by atoms with Crippen molar-refractivity contribution in [1.82, 2.24) is 5.32 Å². The first-order chi connectivity index (χ1) is 5.84. The zero-order valence-corrected chi connectivity index (χ0v) is 7.25. The van der Waals surface area contributed by atoms with E-state index < -0.39 is 0 Å². The lowest BCUT2D eigenvalue weighted by Gasteiger charge is -2.16. The minimum atomic E-state index is 0.166. The largest absolute Gasteiger partial charge is 0.352 e. The van der Waals surface area contributed by atoms with Gasteiger partial charge in [-0.25, -0.2) is 0 Å². The molecule has 1 unspecified atom stereocenters. The molecule has 0 aromatic rings. The predicted octanol–water partition coefficient (Wildman–Crippen LogP) is 1.64. The van der Waals surface area contributed by atoms with Crippen LogP contribution in [0.3, 0.4) is 0 Å². The Morgan fingerprint density at radius 1 is 1.67 bits per heavy atom. The van der Waals surface area contributed by atoms with Crippen LogP contribution in [0.5, 0.6) is 0 Å². The summed E-state index contributed by atoms with van der Waals surface area (Å²) in [6, 6.07) is 0. The van der Waals surface area contributed by atoms with Gasteiger partial charge in [0.1, 0.15) is 0 Å². The van der Waals surface area contributed by atoms with Gasteiger partial charge >= 0.3 is 0 Å². The van der Waals surface area contributed by atoms with Crippen molar-refractivity contribution < 1.29 is 4.79 Å². The molecule has 1 N–H and O–H groups in total. The summed E-state index contributed by atoms with van der Waals surface area (Å²) >= 11 is 0. The molecule has 12 heavy (non-hydrogen) atoms. The minimum Gasteiger partial charge on any atom is -0.352 e. The molecular weight excluding hydrogens is 150 g/mol. The van der Waals surface area contributed by atoms with Crippen molar-refractivity contribution >= 4 is 5.91 Å². The lowest BCUT2D eigenvalue weighted by Crippen LogP contribution is -2.31. The third-order valence-electron chi connectivity index (χ3n) is 2.06. The van der Waals surface area contributed by atoms with Crippen LogP contribution < -0.4 is 5.32 Å². The lowest BCUT2D eigenvalue weighted by molar-refractivity contribution is -0.124. The van der Waals surface area contributed by atoms with Gasteiger partial charge < -0.3 is 5.32 Å². The number of carbonyl (C=O) groups excluding carboxylic acids is 1. The fourth-order valence-electron chi connectivity index (χ4n) is 1.35. The van der Waals surface area contributed by atoms with E-state index in [1.807, 2.05) is 0 Å². The van der Waals surface area contributed by atoms with Gasteiger partial charge in [-0.2, -0.15) is 0 Å². The van der Waals surface area contributed by atoms with E-state index in [4.69, 9.17) is 0 Å². The van der Waals surface area contributed by atoms with Gasteiger partial charge in [0.2, 0.25) is 5.91 Å². The Kier molecular flexibility index (Phi) is 3.58. The summed E-state index contributed by atoms with van der Waals surface area (Å²) in [6.07, 6.45) is 8.84. The number of hydrogen-bond acceptors (Lipinski definition) is 1. The number of rotatable bonds is 3. The molecule has 1 rings (SSSR count). The molecule has 0 heterocycles. The van der Waals surface area contributed by atoms with E-state index in [9.17, 15) is 4.79 Å². The van der Waals surface area contributed by atoms with Crippen molar-refractivity contribution in [2.45, 2.75) is 19.3 Å².